The fourth-order valence-corrected chi connectivity index (χ4v) is 6.57. The van der Waals surface area contributed by atoms with Gasteiger partial charge >= 0.3 is 21.1 Å². The van der Waals surface area contributed by atoms with Gasteiger partial charge in [0.15, 0.2) is 0 Å². The Labute approximate surface area is 297 Å². The van der Waals surface area contributed by atoms with E-state index in [1.165, 1.54) is 42.5 Å². The summed E-state index contributed by atoms with van der Waals surface area (Å²) in [4.78, 5) is 4.71. The van der Waals surface area contributed by atoms with Crippen LogP contribution in [0, 0.1) is 19.1 Å². The van der Waals surface area contributed by atoms with Gasteiger partial charge in [0.2, 0.25) is 0 Å². The summed E-state index contributed by atoms with van der Waals surface area (Å²) < 4.78 is 10.8. The third-order valence-electron chi connectivity index (χ3n) is 8.86. The van der Waals surface area contributed by atoms with Crippen LogP contribution < -0.4 is 4.74 Å². The van der Waals surface area contributed by atoms with Crippen molar-refractivity contribution in [3.63, 3.8) is 0 Å². The number of fused-ring (bicyclic) bond motifs is 3. The van der Waals surface area contributed by atoms with Gasteiger partial charge in [-0.25, -0.2) is 4.98 Å². The van der Waals surface area contributed by atoms with E-state index in [9.17, 15) is 0 Å². The summed E-state index contributed by atoms with van der Waals surface area (Å²) in [6, 6.07) is 40.5. The fourth-order valence-electron chi connectivity index (χ4n) is 6.57. The predicted molar refractivity (Wildman–Crippen MR) is 192 cm³/mol. The molecule has 0 bridgehead atoms. The van der Waals surface area contributed by atoms with Crippen molar-refractivity contribution in [3.8, 4) is 34.1 Å². The predicted octanol–water partition coefficient (Wildman–Crippen LogP) is 10.8. The number of unbranched alkanes of at least 4 members (excludes halogenated alkanes) is 4. The summed E-state index contributed by atoms with van der Waals surface area (Å²) >= 11 is 0. The van der Waals surface area contributed by atoms with Crippen LogP contribution in [0.5, 0.6) is 11.5 Å². The Kier molecular flexibility index (Phi) is 10.6. The van der Waals surface area contributed by atoms with Crippen LogP contribution in [-0.2, 0) is 33.9 Å². The average molecular weight is 812 g/mol. The Balaban J connectivity index is 0.00000401. The van der Waals surface area contributed by atoms with E-state index in [1.54, 1.807) is 0 Å². The molecule has 0 unspecified atom stereocenters. The fraction of sp³-hybridized carbons (Fsp3) is 0.238. The van der Waals surface area contributed by atoms with Gasteiger partial charge in [-0.15, -0.1) is 35.7 Å². The number of ether oxygens (including phenoxy) is 1. The van der Waals surface area contributed by atoms with Gasteiger partial charge in [0.05, 0.1) is 5.69 Å². The zero-order chi connectivity index (χ0) is 32.2. The first-order valence-corrected chi connectivity index (χ1v) is 16.9. The molecule has 3 heterocycles. The summed E-state index contributed by atoms with van der Waals surface area (Å²) in [5.74, 6) is 2.11. The van der Waals surface area contributed by atoms with Gasteiger partial charge in [0.25, 0.3) is 0 Å². The quantitative estimate of drug-likeness (QED) is 0.0912. The standard InChI is InChI=1S/C42H40N4O.Pt/c1-4-6-7-8-12-22-39-42(31-16-10-9-11-17-31)37(5-2)44-46(39)32-18-15-19-33(28-32)47-34-23-24-36-35-20-13-14-21-38(35)45(40(36)29-34)41-27-30(3)25-26-43-41;/h9-11,13-21,23-27H,4-8,12,22H2,1-3H3;/q-2;+2. The van der Waals surface area contributed by atoms with Crippen molar-refractivity contribution in [2.75, 3.05) is 0 Å². The minimum Gasteiger partial charge on any atom is -0.509 e. The molecule has 0 atom stereocenters. The second-order valence-corrected chi connectivity index (χ2v) is 12.2. The molecule has 3 aromatic heterocycles. The van der Waals surface area contributed by atoms with Crippen LogP contribution in [0.4, 0.5) is 0 Å². The summed E-state index contributed by atoms with van der Waals surface area (Å²) in [6.45, 7) is 6.53. The molecule has 0 radical (unpaired) electrons. The first-order chi connectivity index (χ1) is 23.1. The van der Waals surface area contributed by atoms with E-state index in [0.717, 1.165) is 63.8 Å². The number of aromatic nitrogens is 4. The topological polar surface area (TPSA) is 44.9 Å². The van der Waals surface area contributed by atoms with Crippen molar-refractivity contribution in [2.24, 2.45) is 0 Å². The summed E-state index contributed by atoms with van der Waals surface area (Å²) in [5.41, 5.74) is 8.85. The van der Waals surface area contributed by atoms with Gasteiger partial charge in [0.1, 0.15) is 5.82 Å². The average Bonchev–Trinajstić information content (AvgIpc) is 3.64. The first kappa shape index (κ1) is 33.4. The molecule has 0 saturated carbocycles. The summed E-state index contributed by atoms with van der Waals surface area (Å²) in [5, 5.41) is 7.43. The molecular weight excluding hydrogens is 772 g/mol. The van der Waals surface area contributed by atoms with E-state index in [0.29, 0.717) is 11.5 Å². The number of pyridine rings is 1. The van der Waals surface area contributed by atoms with Gasteiger partial charge in [-0.1, -0.05) is 93.6 Å². The molecule has 5 nitrogen and oxygen atoms in total. The Morgan fingerprint density at radius 2 is 1.54 bits per heavy atom. The van der Waals surface area contributed by atoms with Crippen molar-refractivity contribution < 1.29 is 25.8 Å². The Bertz CT molecular complexity index is 2150. The van der Waals surface area contributed by atoms with Crippen LogP contribution in [0.15, 0.2) is 103 Å². The van der Waals surface area contributed by atoms with Crippen molar-refractivity contribution in [2.45, 2.75) is 65.7 Å². The summed E-state index contributed by atoms with van der Waals surface area (Å²) in [7, 11) is 0. The van der Waals surface area contributed by atoms with Crippen molar-refractivity contribution in [1.29, 1.82) is 0 Å². The molecule has 0 amide bonds. The van der Waals surface area contributed by atoms with Crippen molar-refractivity contribution >= 4 is 21.8 Å². The Morgan fingerprint density at radius 1 is 0.750 bits per heavy atom. The van der Waals surface area contributed by atoms with Gasteiger partial charge in [-0.3, -0.25) is 4.68 Å². The molecule has 4 aromatic carbocycles. The van der Waals surface area contributed by atoms with Crippen LogP contribution in [-0.4, -0.2) is 19.3 Å². The molecule has 7 aromatic rings. The summed E-state index contributed by atoms with van der Waals surface area (Å²) in [6.07, 6.45) is 9.80. The second-order valence-electron chi connectivity index (χ2n) is 12.2. The van der Waals surface area contributed by atoms with Crippen LogP contribution >= 0.6 is 0 Å². The minimum atomic E-state index is 0. The largest absolute Gasteiger partial charge is 2.00 e. The zero-order valence-electron chi connectivity index (χ0n) is 27.8. The van der Waals surface area contributed by atoms with E-state index in [-0.39, 0.29) is 21.1 Å². The van der Waals surface area contributed by atoms with Crippen LogP contribution in [0.25, 0.3) is 44.4 Å². The monoisotopic (exact) mass is 811 g/mol. The zero-order valence-corrected chi connectivity index (χ0v) is 30.1. The number of rotatable bonds is 12. The van der Waals surface area contributed by atoms with Crippen molar-refractivity contribution in [3.05, 3.63) is 132 Å². The number of hydrogen-bond acceptors (Lipinski definition) is 3. The normalized spacial score (nSPS) is 11.2. The van der Waals surface area contributed by atoms with Gasteiger partial charge in [-0.2, -0.15) is 17.2 Å². The third kappa shape index (κ3) is 6.75. The van der Waals surface area contributed by atoms with Crippen molar-refractivity contribution in [1.82, 2.24) is 19.3 Å². The van der Waals surface area contributed by atoms with Crippen LogP contribution in [0.3, 0.4) is 0 Å². The molecule has 0 aliphatic carbocycles. The Hall–Kier alpha value is -4.47. The number of hydrogen-bond donors (Lipinski definition) is 0. The smallest absolute Gasteiger partial charge is 0.509 e. The van der Waals surface area contributed by atoms with Crippen LogP contribution in [0.1, 0.15) is 62.9 Å². The molecule has 0 aliphatic rings. The molecule has 48 heavy (non-hydrogen) atoms. The number of para-hydroxylation sites is 1. The molecule has 7 rings (SSSR count). The van der Waals surface area contributed by atoms with Gasteiger partial charge < -0.3 is 9.30 Å². The Morgan fingerprint density at radius 3 is 2.35 bits per heavy atom. The maximum absolute atomic E-state index is 6.49. The minimum absolute atomic E-state index is 0. The van der Waals surface area contributed by atoms with E-state index in [2.05, 4.69) is 115 Å². The van der Waals surface area contributed by atoms with E-state index >= 15 is 0 Å². The molecule has 0 spiro atoms. The van der Waals surface area contributed by atoms with Crippen LogP contribution in [0.2, 0.25) is 0 Å². The van der Waals surface area contributed by atoms with E-state index < -0.39 is 0 Å². The first-order valence-electron chi connectivity index (χ1n) is 16.9. The van der Waals surface area contributed by atoms with Gasteiger partial charge in [-0.05, 0) is 66.6 Å². The number of benzene rings is 4. The van der Waals surface area contributed by atoms with Gasteiger partial charge in [0, 0.05) is 34.5 Å². The molecule has 0 aliphatic heterocycles. The molecule has 244 valence electrons. The number of aryl methyl sites for hydroxylation is 2. The maximum Gasteiger partial charge on any atom is 2.00 e. The maximum atomic E-state index is 6.49. The molecule has 0 N–H and O–H groups in total. The van der Waals surface area contributed by atoms with E-state index in [4.69, 9.17) is 14.8 Å². The number of nitrogens with zero attached hydrogens (tertiary/aromatic N) is 4. The van der Waals surface area contributed by atoms with E-state index in [1.807, 2.05) is 30.5 Å². The third-order valence-corrected chi connectivity index (χ3v) is 8.86. The molecule has 0 saturated heterocycles. The molecular formula is C42H40N4OPt. The SMILES string of the molecule is CCCCCCCc1c(-c2ccccc2)c(CC)nn1-c1[c-]c(Oc2[c-]c3c(cc2)c2ccccc2n3-c2cc(C)ccn2)ccc1.[Pt+2]. The second kappa shape index (κ2) is 15.2. The molecule has 6 heteroatoms. The molecule has 0 fully saturated rings.